The minimum Gasteiger partial charge on any atom is -0.497 e. The summed E-state index contributed by atoms with van der Waals surface area (Å²) < 4.78 is 18.8. The quantitative estimate of drug-likeness (QED) is 0.614. The van der Waals surface area contributed by atoms with E-state index < -0.39 is 5.82 Å². The third-order valence-corrected chi connectivity index (χ3v) is 2.69. The smallest absolute Gasteiger partial charge is 0.131 e. The zero-order chi connectivity index (χ0) is 13.7. The number of halogens is 1. The second kappa shape index (κ2) is 5.83. The molecular weight excluding hydrogens is 241 g/mol. The summed E-state index contributed by atoms with van der Waals surface area (Å²) in [5, 5.41) is 9.18. The van der Waals surface area contributed by atoms with Gasteiger partial charge in [0.1, 0.15) is 11.6 Å². The summed E-state index contributed by atoms with van der Waals surface area (Å²) in [6.07, 6.45) is 1.64. The summed E-state index contributed by atoms with van der Waals surface area (Å²) in [6.45, 7) is 0. The number of rotatable bonds is 3. The van der Waals surface area contributed by atoms with Crippen LogP contribution in [0, 0.1) is 17.1 Å². The first-order chi connectivity index (χ1) is 9.24. The first-order valence-electron chi connectivity index (χ1n) is 5.75. The van der Waals surface area contributed by atoms with Crippen molar-refractivity contribution in [3.63, 3.8) is 0 Å². The van der Waals surface area contributed by atoms with E-state index in [-0.39, 0.29) is 5.57 Å². The normalized spacial score (nSPS) is 10.9. The number of ether oxygens (including phenoxy) is 1. The minimum atomic E-state index is -0.404. The van der Waals surface area contributed by atoms with E-state index >= 15 is 0 Å². The van der Waals surface area contributed by atoms with E-state index in [0.29, 0.717) is 11.3 Å². The molecule has 2 nitrogen and oxygen atoms in total. The van der Waals surface area contributed by atoms with Crippen molar-refractivity contribution in [3.05, 3.63) is 65.5 Å². The number of hydrogen-bond acceptors (Lipinski definition) is 2. The molecule has 2 rings (SSSR count). The lowest BCUT2D eigenvalue weighted by atomic mass is 10.0. The van der Waals surface area contributed by atoms with E-state index in [4.69, 9.17) is 4.74 Å². The van der Waals surface area contributed by atoms with Gasteiger partial charge in [-0.2, -0.15) is 5.26 Å². The van der Waals surface area contributed by atoms with Crippen LogP contribution in [0.2, 0.25) is 0 Å². The topological polar surface area (TPSA) is 33.0 Å². The SMILES string of the molecule is COc1cccc(C=C(C#N)c2ccccc2F)c1. The van der Waals surface area contributed by atoms with Gasteiger partial charge in [-0.05, 0) is 29.8 Å². The fourth-order valence-corrected chi connectivity index (χ4v) is 1.75. The van der Waals surface area contributed by atoms with Crippen molar-refractivity contribution in [2.75, 3.05) is 7.11 Å². The van der Waals surface area contributed by atoms with Crippen LogP contribution in [0.25, 0.3) is 11.6 Å². The molecule has 0 aliphatic heterocycles. The summed E-state index contributed by atoms with van der Waals surface area (Å²) in [7, 11) is 1.57. The maximum Gasteiger partial charge on any atom is 0.131 e. The number of hydrogen-bond donors (Lipinski definition) is 0. The third-order valence-electron chi connectivity index (χ3n) is 2.69. The van der Waals surface area contributed by atoms with Crippen molar-refractivity contribution in [2.24, 2.45) is 0 Å². The average molecular weight is 253 g/mol. The summed E-state index contributed by atoms with van der Waals surface area (Å²) >= 11 is 0. The molecule has 0 bridgehead atoms. The molecule has 0 aliphatic rings. The summed E-state index contributed by atoms with van der Waals surface area (Å²) in [5.41, 5.74) is 1.37. The van der Waals surface area contributed by atoms with Crippen molar-refractivity contribution in [2.45, 2.75) is 0 Å². The molecule has 0 N–H and O–H groups in total. The molecule has 0 saturated heterocycles. The summed E-state index contributed by atoms with van der Waals surface area (Å²) in [5.74, 6) is 0.290. The minimum absolute atomic E-state index is 0.284. The van der Waals surface area contributed by atoms with E-state index in [1.54, 1.807) is 37.5 Å². The van der Waals surface area contributed by atoms with E-state index in [9.17, 15) is 9.65 Å². The Labute approximate surface area is 111 Å². The predicted molar refractivity (Wildman–Crippen MR) is 72.9 cm³/mol. The van der Waals surface area contributed by atoms with E-state index in [1.807, 2.05) is 24.3 Å². The Morgan fingerprint density at radius 3 is 2.68 bits per heavy atom. The van der Waals surface area contributed by atoms with Gasteiger partial charge in [0.05, 0.1) is 18.8 Å². The van der Waals surface area contributed by atoms with Gasteiger partial charge >= 0.3 is 0 Å². The maximum absolute atomic E-state index is 13.7. The van der Waals surface area contributed by atoms with Gasteiger partial charge in [-0.15, -0.1) is 0 Å². The molecule has 0 saturated carbocycles. The Bertz CT molecular complexity index is 656. The highest BCUT2D eigenvalue weighted by Gasteiger charge is 2.06. The Hall–Kier alpha value is -2.60. The van der Waals surface area contributed by atoms with Crippen LogP contribution in [0.1, 0.15) is 11.1 Å². The Balaban J connectivity index is 2.45. The van der Waals surface area contributed by atoms with Gasteiger partial charge in [-0.25, -0.2) is 4.39 Å². The number of nitriles is 1. The van der Waals surface area contributed by atoms with Gasteiger partial charge in [0.15, 0.2) is 0 Å². The second-order valence-corrected chi connectivity index (χ2v) is 3.93. The van der Waals surface area contributed by atoms with E-state index in [1.165, 1.54) is 6.07 Å². The highest BCUT2D eigenvalue weighted by atomic mass is 19.1. The molecule has 0 spiro atoms. The molecule has 19 heavy (non-hydrogen) atoms. The van der Waals surface area contributed by atoms with Crippen molar-refractivity contribution < 1.29 is 9.13 Å². The zero-order valence-corrected chi connectivity index (χ0v) is 10.4. The molecule has 0 radical (unpaired) electrons. The maximum atomic E-state index is 13.7. The van der Waals surface area contributed by atoms with Crippen LogP contribution in [0.5, 0.6) is 5.75 Å². The molecule has 0 atom stereocenters. The lowest BCUT2D eigenvalue weighted by molar-refractivity contribution is 0.414. The first-order valence-corrected chi connectivity index (χ1v) is 5.75. The molecule has 0 aliphatic carbocycles. The number of allylic oxidation sites excluding steroid dienone is 1. The van der Waals surface area contributed by atoms with Crippen LogP contribution in [-0.4, -0.2) is 7.11 Å². The number of benzene rings is 2. The second-order valence-electron chi connectivity index (χ2n) is 3.93. The van der Waals surface area contributed by atoms with E-state index in [0.717, 1.165) is 5.56 Å². The zero-order valence-electron chi connectivity index (χ0n) is 10.4. The molecule has 0 aromatic heterocycles. The lowest BCUT2D eigenvalue weighted by Crippen LogP contribution is -1.88. The van der Waals surface area contributed by atoms with Gasteiger partial charge in [0.2, 0.25) is 0 Å². The number of methoxy groups -OCH3 is 1. The standard InChI is InChI=1S/C16H12FNO/c1-19-14-6-4-5-12(10-14)9-13(11-18)15-7-2-3-8-16(15)17/h2-10H,1H3. The fraction of sp³-hybridized carbons (Fsp3) is 0.0625. The highest BCUT2D eigenvalue weighted by Crippen LogP contribution is 2.22. The fourth-order valence-electron chi connectivity index (χ4n) is 1.75. The Morgan fingerprint density at radius 2 is 2.00 bits per heavy atom. The van der Waals surface area contributed by atoms with Crippen LogP contribution >= 0.6 is 0 Å². The van der Waals surface area contributed by atoms with Gasteiger partial charge < -0.3 is 4.74 Å². The van der Waals surface area contributed by atoms with Crippen LogP contribution in [0.15, 0.2) is 48.5 Å². The van der Waals surface area contributed by atoms with Crippen LogP contribution < -0.4 is 4.74 Å². The van der Waals surface area contributed by atoms with Crippen molar-refractivity contribution in [1.29, 1.82) is 5.26 Å². The van der Waals surface area contributed by atoms with Crippen LogP contribution in [0.4, 0.5) is 4.39 Å². The molecule has 0 fully saturated rings. The van der Waals surface area contributed by atoms with Crippen LogP contribution in [-0.2, 0) is 0 Å². The van der Waals surface area contributed by atoms with Gasteiger partial charge in [-0.1, -0.05) is 30.3 Å². The average Bonchev–Trinajstić information content (AvgIpc) is 2.46. The Morgan fingerprint density at radius 1 is 1.21 bits per heavy atom. The first kappa shape index (κ1) is 12.8. The monoisotopic (exact) mass is 253 g/mol. The molecular formula is C16H12FNO. The van der Waals surface area contributed by atoms with Gasteiger partial charge in [0.25, 0.3) is 0 Å². The molecule has 0 unspecified atom stereocenters. The molecule has 0 heterocycles. The third kappa shape index (κ3) is 2.99. The molecule has 2 aromatic rings. The van der Waals surface area contributed by atoms with Crippen molar-refractivity contribution in [3.8, 4) is 11.8 Å². The molecule has 0 amide bonds. The summed E-state index contributed by atoms with van der Waals surface area (Å²) in [6, 6.07) is 15.5. The highest BCUT2D eigenvalue weighted by molar-refractivity contribution is 5.89. The summed E-state index contributed by atoms with van der Waals surface area (Å²) in [4.78, 5) is 0. The van der Waals surface area contributed by atoms with Crippen molar-refractivity contribution in [1.82, 2.24) is 0 Å². The Kier molecular flexibility index (Phi) is 3.94. The van der Waals surface area contributed by atoms with Gasteiger partial charge in [-0.3, -0.25) is 0 Å². The lowest BCUT2D eigenvalue weighted by Gasteiger charge is -2.03. The van der Waals surface area contributed by atoms with Crippen LogP contribution in [0.3, 0.4) is 0 Å². The number of nitrogens with zero attached hydrogens (tertiary/aromatic N) is 1. The molecule has 94 valence electrons. The van der Waals surface area contributed by atoms with Crippen molar-refractivity contribution >= 4 is 11.6 Å². The predicted octanol–water partition coefficient (Wildman–Crippen LogP) is 3.90. The largest absolute Gasteiger partial charge is 0.497 e. The van der Waals surface area contributed by atoms with Gasteiger partial charge in [0, 0.05) is 5.56 Å². The molecule has 3 heteroatoms. The molecule has 2 aromatic carbocycles. The van der Waals surface area contributed by atoms with E-state index in [2.05, 4.69) is 0 Å².